The van der Waals surface area contributed by atoms with Gasteiger partial charge in [0.1, 0.15) is 0 Å². The van der Waals surface area contributed by atoms with Crippen LogP contribution < -0.4 is 4.90 Å². The second-order valence-electron chi connectivity index (χ2n) is 17.3. The lowest BCUT2D eigenvalue weighted by atomic mass is 9.82. The van der Waals surface area contributed by atoms with Gasteiger partial charge in [0, 0.05) is 27.8 Å². The summed E-state index contributed by atoms with van der Waals surface area (Å²) in [5.74, 6) is 0. The van der Waals surface area contributed by atoms with Crippen LogP contribution in [0, 0.1) is 0 Å². The van der Waals surface area contributed by atoms with Gasteiger partial charge in [-0.1, -0.05) is 191 Å². The molecule has 0 aliphatic heterocycles. The van der Waals surface area contributed by atoms with Crippen molar-refractivity contribution in [2.45, 2.75) is 38.5 Å². The van der Waals surface area contributed by atoms with Crippen molar-refractivity contribution < 1.29 is 0 Å². The molecule has 1 nitrogen and oxygen atoms in total. The Morgan fingerprint density at radius 3 is 1.64 bits per heavy atom. The molecule has 9 aromatic rings. The van der Waals surface area contributed by atoms with Gasteiger partial charge in [0.05, 0.1) is 5.69 Å². The number of nitrogens with zero attached hydrogens (tertiary/aromatic N) is 1. The first-order chi connectivity index (χ1) is 28.8. The van der Waals surface area contributed by atoms with Crippen molar-refractivity contribution in [3.05, 3.63) is 222 Å². The Hall–Kier alpha value is -6.96. The normalized spacial score (nSPS) is 14.0. The van der Waals surface area contributed by atoms with Crippen LogP contribution in [-0.4, -0.2) is 0 Å². The quantitative estimate of drug-likeness (QED) is 0.163. The lowest BCUT2D eigenvalue weighted by molar-refractivity contribution is 0.660. The second kappa shape index (κ2) is 13.3. The molecule has 2 aliphatic carbocycles. The second-order valence-corrected chi connectivity index (χ2v) is 17.3. The molecule has 2 aliphatic rings. The fourth-order valence-corrected chi connectivity index (χ4v) is 10.3. The van der Waals surface area contributed by atoms with Crippen molar-refractivity contribution >= 4 is 27.8 Å². The van der Waals surface area contributed by atoms with Crippen molar-refractivity contribution in [2.75, 3.05) is 4.90 Å². The minimum absolute atomic E-state index is 0.0325. The molecule has 0 spiro atoms. The third-order valence-corrected chi connectivity index (χ3v) is 13.3. The van der Waals surface area contributed by atoms with Crippen molar-refractivity contribution in [1.82, 2.24) is 0 Å². The summed E-state index contributed by atoms with van der Waals surface area (Å²) < 4.78 is 0. The highest BCUT2D eigenvalue weighted by Crippen LogP contribution is 2.54. The molecule has 0 fully saturated rings. The summed E-state index contributed by atoms with van der Waals surface area (Å²) >= 11 is 0. The molecular formula is C58H45N. The molecule has 9 aromatic carbocycles. The first kappa shape index (κ1) is 35.2. The van der Waals surface area contributed by atoms with Gasteiger partial charge in [0.2, 0.25) is 0 Å². The van der Waals surface area contributed by atoms with Crippen LogP contribution in [0.15, 0.2) is 200 Å². The van der Waals surface area contributed by atoms with E-state index in [-0.39, 0.29) is 10.8 Å². The Labute approximate surface area is 347 Å². The highest BCUT2D eigenvalue weighted by atomic mass is 15.1. The van der Waals surface area contributed by atoms with Gasteiger partial charge in [-0.2, -0.15) is 0 Å². The summed E-state index contributed by atoms with van der Waals surface area (Å²) in [5.41, 5.74) is 21.4. The van der Waals surface area contributed by atoms with E-state index in [1.807, 2.05) is 0 Å². The van der Waals surface area contributed by atoms with E-state index in [9.17, 15) is 0 Å². The maximum Gasteiger partial charge on any atom is 0.0540 e. The first-order valence-corrected chi connectivity index (χ1v) is 20.8. The number of fused-ring (bicyclic) bond motifs is 7. The van der Waals surface area contributed by atoms with Gasteiger partial charge in [-0.15, -0.1) is 0 Å². The molecule has 0 radical (unpaired) electrons. The van der Waals surface area contributed by atoms with E-state index in [0.717, 1.165) is 17.1 Å². The molecule has 59 heavy (non-hydrogen) atoms. The van der Waals surface area contributed by atoms with Crippen LogP contribution in [0.3, 0.4) is 0 Å². The number of para-hydroxylation sites is 1. The molecule has 0 saturated heterocycles. The standard InChI is InChI=1S/C58H45N/c1-57(2)51-29-10-7-24-46(51)50-37-40(33-34-53(50)57)39-19-13-21-42(35-39)59(43-22-14-20-41(36-43)45-27-15-18-38-17-5-6-23-44(38)45)55-32-12-9-25-47(55)48-28-16-31-54-56(48)49-26-8-11-30-52(49)58(54,3)4/h5-37H,1-4H3. The molecular weight excluding hydrogens is 711 g/mol. The topological polar surface area (TPSA) is 3.24 Å². The van der Waals surface area contributed by atoms with E-state index in [4.69, 9.17) is 0 Å². The molecule has 0 N–H and O–H groups in total. The van der Waals surface area contributed by atoms with E-state index in [2.05, 4.69) is 233 Å². The summed E-state index contributed by atoms with van der Waals surface area (Å²) in [6.45, 7) is 9.42. The maximum absolute atomic E-state index is 2.48. The van der Waals surface area contributed by atoms with Crippen LogP contribution in [0.2, 0.25) is 0 Å². The van der Waals surface area contributed by atoms with Gasteiger partial charge in [0.25, 0.3) is 0 Å². The molecule has 282 valence electrons. The maximum atomic E-state index is 2.48. The Kier molecular flexibility index (Phi) is 7.94. The predicted octanol–water partition coefficient (Wildman–Crippen LogP) is 15.9. The zero-order chi connectivity index (χ0) is 39.9. The number of anilines is 3. The highest BCUT2D eigenvalue weighted by Gasteiger charge is 2.37. The third kappa shape index (κ3) is 5.45. The predicted molar refractivity (Wildman–Crippen MR) is 250 cm³/mol. The largest absolute Gasteiger partial charge is 0.310 e. The summed E-state index contributed by atoms with van der Waals surface area (Å²) in [5, 5.41) is 2.50. The fourth-order valence-electron chi connectivity index (χ4n) is 10.3. The van der Waals surface area contributed by atoms with E-state index in [0.29, 0.717) is 0 Å². The third-order valence-electron chi connectivity index (χ3n) is 13.3. The van der Waals surface area contributed by atoms with Crippen LogP contribution >= 0.6 is 0 Å². The van der Waals surface area contributed by atoms with Crippen molar-refractivity contribution in [1.29, 1.82) is 0 Å². The van der Waals surface area contributed by atoms with E-state index in [1.165, 1.54) is 88.7 Å². The first-order valence-electron chi connectivity index (χ1n) is 20.8. The molecule has 11 rings (SSSR count). The molecule has 1 heteroatoms. The van der Waals surface area contributed by atoms with Gasteiger partial charge in [-0.25, -0.2) is 0 Å². The monoisotopic (exact) mass is 755 g/mol. The zero-order valence-electron chi connectivity index (χ0n) is 34.0. The van der Waals surface area contributed by atoms with Crippen molar-refractivity contribution in [3.8, 4) is 55.6 Å². The molecule has 0 atom stereocenters. The van der Waals surface area contributed by atoms with Crippen LogP contribution in [-0.2, 0) is 10.8 Å². The SMILES string of the molecule is CC1(C)c2ccccc2-c2cc(-c3cccc(N(c4cccc(-c5cccc6ccccc56)c4)c4ccccc4-c4cccc5c4-c4ccccc4C5(C)C)c3)ccc21. The number of hydrogen-bond donors (Lipinski definition) is 0. The molecule has 0 unspecified atom stereocenters. The summed E-state index contributed by atoms with van der Waals surface area (Å²) in [6, 6.07) is 74.4. The number of rotatable bonds is 6. The van der Waals surface area contributed by atoms with Crippen molar-refractivity contribution in [3.63, 3.8) is 0 Å². The lowest BCUT2D eigenvalue weighted by Gasteiger charge is -2.29. The molecule has 0 heterocycles. The van der Waals surface area contributed by atoms with E-state index >= 15 is 0 Å². The minimum atomic E-state index is -0.0940. The highest BCUT2D eigenvalue weighted by molar-refractivity contribution is 6.00. The number of hydrogen-bond acceptors (Lipinski definition) is 1. The Morgan fingerprint density at radius 1 is 0.322 bits per heavy atom. The van der Waals surface area contributed by atoms with E-state index < -0.39 is 0 Å². The molecule has 0 amide bonds. The Morgan fingerprint density at radius 2 is 0.831 bits per heavy atom. The molecule has 0 aromatic heterocycles. The Bertz CT molecular complexity index is 3120. The average Bonchev–Trinajstić information content (AvgIpc) is 3.66. The van der Waals surface area contributed by atoms with Crippen LogP contribution in [0.5, 0.6) is 0 Å². The molecule has 0 saturated carbocycles. The van der Waals surface area contributed by atoms with Crippen LogP contribution in [0.4, 0.5) is 17.1 Å². The fraction of sp³-hybridized carbons (Fsp3) is 0.103. The van der Waals surface area contributed by atoms with Gasteiger partial charge in [-0.3, -0.25) is 0 Å². The molecule has 0 bridgehead atoms. The van der Waals surface area contributed by atoms with Gasteiger partial charge in [-0.05, 0) is 119 Å². The zero-order valence-corrected chi connectivity index (χ0v) is 34.0. The number of benzene rings is 9. The minimum Gasteiger partial charge on any atom is -0.310 e. The smallest absolute Gasteiger partial charge is 0.0540 e. The van der Waals surface area contributed by atoms with Gasteiger partial charge < -0.3 is 4.90 Å². The summed E-state index contributed by atoms with van der Waals surface area (Å²) in [6.07, 6.45) is 0. The lowest BCUT2D eigenvalue weighted by Crippen LogP contribution is -2.15. The summed E-state index contributed by atoms with van der Waals surface area (Å²) in [7, 11) is 0. The van der Waals surface area contributed by atoms with Gasteiger partial charge in [0.15, 0.2) is 0 Å². The summed E-state index contributed by atoms with van der Waals surface area (Å²) in [4.78, 5) is 2.48. The van der Waals surface area contributed by atoms with E-state index in [1.54, 1.807) is 0 Å². The average molecular weight is 756 g/mol. The van der Waals surface area contributed by atoms with Crippen LogP contribution in [0.25, 0.3) is 66.4 Å². The Balaban J connectivity index is 1.12. The van der Waals surface area contributed by atoms with Crippen LogP contribution in [0.1, 0.15) is 49.9 Å². The van der Waals surface area contributed by atoms with Crippen molar-refractivity contribution in [2.24, 2.45) is 0 Å². The van der Waals surface area contributed by atoms with Gasteiger partial charge >= 0.3 is 0 Å².